The van der Waals surface area contributed by atoms with Crippen molar-refractivity contribution in [3.63, 3.8) is 0 Å². The molecule has 0 unspecified atom stereocenters. The van der Waals surface area contributed by atoms with Crippen molar-refractivity contribution < 1.29 is 0 Å². The lowest BCUT2D eigenvalue weighted by atomic mass is 10.7. The fraction of sp³-hybridized carbons (Fsp3) is 0.400. The largest absolute Gasteiger partial charge is 0.389 e. The van der Waals surface area contributed by atoms with Gasteiger partial charge in [0.25, 0.3) is 0 Å². The Morgan fingerprint density at radius 2 is 2.56 bits per heavy atom. The zero-order chi connectivity index (χ0) is 7.11. The maximum atomic E-state index is 5.01. The van der Waals surface area contributed by atoms with Crippen LogP contribution in [0.2, 0.25) is 0 Å². The van der Waals surface area contributed by atoms with E-state index in [1.165, 1.54) is 18.3 Å². The summed E-state index contributed by atoms with van der Waals surface area (Å²) in [5.74, 6) is 0.842. The highest BCUT2D eigenvalue weighted by atomic mass is 32.2. The summed E-state index contributed by atoms with van der Waals surface area (Å²) in [4.78, 5) is 1.12. The van der Waals surface area contributed by atoms with Gasteiger partial charge in [0.15, 0.2) is 0 Å². The van der Waals surface area contributed by atoms with Crippen molar-refractivity contribution in [1.29, 1.82) is 0 Å². The van der Waals surface area contributed by atoms with E-state index in [9.17, 15) is 0 Å². The Bertz CT molecular complexity index is 112. The first kappa shape index (κ1) is 8.91. The molecule has 0 aromatic heterocycles. The number of rotatable bonds is 4. The Balaban J connectivity index is 3.17. The molecule has 2 nitrogen and oxygen atoms in total. The van der Waals surface area contributed by atoms with Gasteiger partial charge in [-0.15, -0.1) is 11.8 Å². The number of thioether (sulfide) groups is 1. The predicted octanol–water partition coefficient (Wildman–Crippen LogP) is 1.50. The van der Waals surface area contributed by atoms with Gasteiger partial charge in [0.1, 0.15) is 0 Å². The molecule has 0 aliphatic rings. The minimum Gasteiger partial charge on any atom is -0.389 e. The highest BCUT2D eigenvalue weighted by Gasteiger charge is 1.87. The molecule has 0 atom stereocenters. The lowest BCUT2D eigenvalue weighted by Crippen LogP contribution is -1.86. The first-order chi connectivity index (χ1) is 4.31. The van der Waals surface area contributed by atoms with Crippen LogP contribution in [0, 0.1) is 0 Å². The summed E-state index contributed by atoms with van der Waals surface area (Å²) >= 11 is 3.06. The van der Waals surface area contributed by atoms with Crippen LogP contribution < -0.4 is 5.73 Å². The monoisotopic (exact) mass is 162 g/mol. The molecule has 0 saturated heterocycles. The van der Waals surface area contributed by atoms with Gasteiger partial charge in [-0.3, -0.25) is 0 Å². The van der Waals surface area contributed by atoms with E-state index in [2.05, 4.69) is 11.0 Å². The lowest BCUT2D eigenvalue weighted by Gasteiger charge is -1.94. The van der Waals surface area contributed by atoms with E-state index in [1.807, 2.05) is 6.26 Å². The van der Waals surface area contributed by atoms with Gasteiger partial charge >= 0.3 is 0 Å². The molecular weight excluding hydrogens is 152 g/mol. The fourth-order valence-electron chi connectivity index (χ4n) is 0.211. The van der Waals surface area contributed by atoms with Crippen LogP contribution in [-0.2, 0) is 0 Å². The van der Waals surface area contributed by atoms with E-state index in [1.54, 1.807) is 11.8 Å². The number of nitrogens with zero attached hydrogens (tertiary/aromatic N) is 1. The van der Waals surface area contributed by atoms with Gasteiger partial charge in [-0.1, -0.05) is 6.58 Å². The van der Waals surface area contributed by atoms with Crippen LogP contribution in [0.1, 0.15) is 0 Å². The standard InChI is InChI=1S/C5H10N2S2/c1-5(8-2)3-9-7-4-6/h4H,1,3H2,2H3,(H2,6,7). The average Bonchev–Trinajstić information content (AvgIpc) is 1.89. The van der Waals surface area contributed by atoms with E-state index in [4.69, 9.17) is 5.73 Å². The summed E-state index contributed by atoms with van der Waals surface area (Å²) in [5.41, 5.74) is 5.01. The maximum absolute atomic E-state index is 5.01. The summed E-state index contributed by atoms with van der Waals surface area (Å²) in [5, 5.41) is 0. The third kappa shape index (κ3) is 5.79. The second kappa shape index (κ2) is 6.04. The molecule has 0 rings (SSSR count). The van der Waals surface area contributed by atoms with Crippen LogP contribution >= 0.6 is 23.7 Å². The molecule has 0 aliphatic carbocycles. The van der Waals surface area contributed by atoms with E-state index in [0.29, 0.717) is 0 Å². The first-order valence-electron chi connectivity index (χ1n) is 2.38. The summed E-state index contributed by atoms with van der Waals surface area (Å²) in [7, 11) is 0. The molecule has 0 aliphatic heterocycles. The van der Waals surface area contributed by atoms with Crippen LogP contribution in [0.25, 0.3) is 0 Å². The van der Waals surface area contributed by atoms with Crippen molar-refractivity contribution in [1.82, 2.24) is 0 Å². The molecule has 0 aromatic rings. The number of hydrogen-bond acceptors (Lipinski definition) is 3. The van der Waals surface area contributed by atoms with Crippen molar-refractivity contribution in [3.05, 3.63) is 11.5 Å². The Hall–Kier alpha value is -0.0900. The van der Waals surface area contributed by atoms with E-state index < -0.39 is 0 Å². The quantitative estimate of drug-likeness (QED) is 0.387. The molecular formula is C5H10N2S2. The Morgan fingerprint density at radius 1 is 1.89 bits per heavy atom. The summed E-state index contributed by atoms with van der Waals surface area (Å²) in [6.45, 7) is 3.77. The van der Waals surface area contributed by atoms with E-state index in [0.717, 1.165) is 10.7 Å². The molecule has 0 aromatic carbocycles. The van der Waals surface area contributed by atoms with E-state index in [-0.39, 0.29) is 0 Å². The van der Waals surface area contributed by atoms with Gasteiger partial charge < -0.3 is 5.73 Å². The van der Waals surface area contributed by atoms with Crippen molar-refractivity contribution >= 4 is 30.0 Å². The van der Waals surface area contributed by atoms with Crippen LogP contribution in [-0.4, -0.2) is 18.3 Å². The normalized spacial score (nSPS) is 10.3. The molecule has 9 heavy (non-hydrogen) atoms. The lowest BCUT2D eigenvalue weighted by molar-refractivity contribution is 1.70. The van der Waals surface area contributed by atoms with Gasteiger partial charge in [-0.2, -0.15) is 0 Å². The summed E-state index contributed by atoms with van der Waals surface area (Å²) < 4.78 is 3.76. The molecule has 52 valence electrons. The summed E-state index contributed by atoms with van der Waals surface area (Å²) in [6.07, 6.45) is 3.29. The van der Waals surface area contributed by atoms with Crippen LogP contribution in [0.3, 0.4) is 0 Å². The van der Waals surface area contributed by atoms with Gasteiger partial charge in [0.05, 0.1) is 6.34 Å². The molecule has 0 amide bonds. The first-order valence-corrected chi connectivity index (χ1v) is 4.55. The zero-order valence-electron chi connectivity index (χ0n) is 5.33. The second-order valence-corrected chi connectivity index (χ2v) is 3.01. The molecule has 4 heteroatoms. The topological polar surface area (TPSA) is 38.4 Å². The molecule has 0 heterocycles. The second-order valence-electron chi connectivity index (χ2n) is 1.27. The molecule has 2 N–H and O–H groups in total. The maximum Gasteiger partial charge on any atom is 0.0937 e. The third-order valence-corrected chi connectivity index (χ3v) is 2.30. The smallest absolute Gasteiger partial charge is 0.0937 e. The highest BCUT2D eigenvalue weighted by Crippen LogP contribution is 2.15. The highest BCUT2D eigenvalue weighted by molar-refractivity contribution is 8.05. The van der Waals surface area contributed by atoms with Gasteiger partial charge in [0, 0.05) is 5.75 Å². The Labute approximate surface area is 64.1 Å². The van der Waals surface area contributed by atoms with Crippen molar-refractivity contribution in [2.24, 2.45) is 10.1 Å². The van der Waals surface area contributed by atoms with Gasteiger partial charge in [-0.05, 0) is 23.1 Å². The van der Waals surface area contributed by atoms with Crippen LogP contribution in [0.4, 0.5) is 0 Å². The minimum atomic E-state index is 0.842. The van der Waals surface area contributed by atoms with Crippen LogP contribution in [0.5, 0.6) is 0 Å². The number of hydrogen-bond donors (Lipinski definition) is 1. The molecule has 0 fully saturated rings. The van der Waals surface area contributed by atoms with Gasteiger partial charge in [0.2, 0.25) is 0 Å². The molecule has 0 radical (unpaired) electrons. The molecule has 0 bridgehead atoms. The molecule has 0 spiro atoms. The SMILES string of the molecule is C=C(CSN=CN)SC. The third-order valence-electron chi connectivity index (χ3n) is 0.650. The van der Waals surface area contributed by atoms with Gasteiger partial charge in [-0.25, -0.2) is 4.40 Å². The van der Waals surface area contributed by atoms with Crippen molar-refractivity contribution in [2.45, 2.75) is 0 Å². The van der Waals surface area contributed by atoms with Crippen molar-refractivity contribution in [2.75, 3.05) is 12.0 Å². The number of nitrogens with two attached hydrogens (primary N) is 1. The fourth-order valence-corrected chi connectivity index (χ4v) is 1.15. The minimum absolute atomic E-state index is 0.842. The van der Waals surface area contributed by atoms with Crippen LogP contribution in [0.15, 0.2) is 15.9 Å². The predicted molar refractivity (Wildman–Crippen MR) is 47.8 cm³/mol. The average molecular weight is 162 g/mol. The zero-order valence-corrected chi connectivity index (χ0v) is 6.97. The Kier molecular flexibility index (Phi) is 5.98. The Morgan fingerprint density at radius 3 is 3.00 bits per heavy atom. The molecule has 0 saturated carbocycles. The summed E-state index contributed by atoms with van der Waals surface area (Å²) in [6, 6.07) is 0. The van der Waals surface area contributed by atoms with E-state index >= 15 is 0 Å². The van der Waals surface area contributed by atoms with Crippen molar-refractivity contribution in [3.8, 4) is 0 Å².